The van der Waals surface area contributed by atoms with E-state index < -0.39 is 0 Å². The second-order valence-corrected chi connectivity index (χ2v) is 4.74. The van der Waals surface area contributed by atoms with Crippen molar-refractivity contribution in [2.75, 3.05) is 27.7 Å². The fourth-order valence-electron chi connectivity index (χ4n) is 2.44. The Hall–Kier alpha value is -1.06. The molecular formula is C13H19NO2. The Kier molecular flexibility index (Phi) is 3.17. The van der Waals surface area contributed by atoms with E-state index in [9.17, 15) is 5.11 Å². The molecular weight excluding hydrogens is 202 g/mol. The number of fused-ring (bicyclic) bond motifs is 1. The van der Waals surface area contributed by atoms with Gasteiger partial charge in [0.05, 0.1) is 13.2 Å². The first-order valence-corrected chi connectivity index (χ1v) is 5.61. The summed E-state index contributed by atoms with van der Waals surface area (Å²) < 4.78 is 5.18. The Morgan fingerprint density at radius 2 is 2.19 bits per heavy atom. The third kappa shape index (κ3) is 2.06. The smallest absolute Gasteiger partial charge is 0.119 e. The van der Waals surface area contributed by atoms with Gasteiger partial charge in [0.15, 0.2) is 0 Å². The molecule has 0 spiro atoms. The zero-order valence-electron chi connectivity index (χ0n) is 10.1. The van der Waals surface area contributed by atoms with Gasteiger partial charge in [-0.3, -0.25) is 0 Å². The van der Waals surface area contributed by atoms with Gasteiger partial charge in [0.1, 0.15) is 5.75 Å². The molecule has 0 unspecified atom stereocenters. The van der Waals surface area contributed by atoms with Crippen LogP contribution in [0.25, 0.3) is 0 Å². The summed E-state index contributed by atoms with van der Waals surface area (Å²) in [6.45, 7) is 0.915. The molecule has 0 radical (unpaired) electrons. The van der Waals surface area contributed by atoms with Crippen molar-refractivity contribution < 1.29 is 9.84 Å². The standard InChI is InChI=1S/C13H19NO2/c1-14(2)8-10-6-9-4-5-11(16-3)7-12(9)13(10)15/h4-5,7,10,13,15H,6,8H2,1-3H3/t10-,13+/m0/s1. The average molecular weight is 221 g/mol. The number of hydrogen-bond acceptors (Lipinski definition) is 3. The second-order valence-electron chi connectivity index (χ2n) is 4.74. The van der Waals surface area contributed by atoms with Crippen molar-refractivity contribution in [1.82, 2.24) is 4.90 Å². The lowest BCUT2D eigenvalue weighted by molar-refractivity contribution is 0.105. The lowest BCUT2D eigenvalue weighted by atomic mass is 10.0. The molecule has 88 valence electrons. The molecule has 1 aromatic carbocycles. The Balaban J connectivity index is 2.21. The van der Waals surface area contributed by atoms with Crippen LogP contribution in [0.15, 0.2) is 18.2 Å². The van der Waals surface area contributed by atoms with Crippen LogP contribution in [0, 0.1) is 5.92 Å². The molecule has 1 aliphatic carbocycles. The molecule has 0 fully saturated rings. The minimum Gasteiger partial charge on any atom is -0.497 e. The molecule has 0 amide bonds. The molecule has 0 heterocycles. The van der Waals surface area contributed by atoms with Crippen LogP contribution in [-0.2, 0) is 6.42 Å². The molecule has 1 aromatic rings. The summed E-state index contributed by atoms with van der Waals surface area (Å²) in [5.74, 6) is 1.13. The second kappa shape index (κ2) is 4.44. The summed E-state index contributed by atoms with van der Waals surface area (Å²) in [5, 5.41) is 10.2. The Bertz CT molecular complexity index is 376. The van der Waals surface area contributed by atoms with E-state index >= 15 is 0 Å². The van der Waals surface area contributed by atoms with E-state index in [4.69, 9.17) is 4.74 Å². The molecule has 2 atom stereocenters. The van der Waals surface area contributed by atoms with Crippen LogP contribution in [0.1, 0.15) is 17.2 Å². The lowest BCUT2D eigenvalue weighted by Crippen LogP contribution is -2.24. The molecule has 3 heteroatoms. The summed E-state index contributed by atoms with van der Waals surface area (Å²) in [6, 6.07) is 5.98. The van der Waals surface area contributed by atoms with Crippen molar-refractivity contribution in [3.05, 3.63) is 29.3 Å². The molecule has 0 bridgehead atoms. The van der Waals surface area contributed by atoms with Crippen LogP contribution in [0.5, 0.6) is 5.75 Å². The number of nitrogens with zero attached hydrogens (tertiary/aromatic N) is 1. The first-order valence-electron chi connectivity index (χ1n) is 5.61. The molecule has 2 rings (SSSR count). The molecule has 16 heavy (non-hydrogen) atoms. The maximum absolute atomic E-state index is 10.2. The van der Waals surface area contributed by atoms with Gasteiger partial charge in [-0.2, -0.15) is 0 Å². The number of aliphatic hydroxyl groups excluding tert-OH is 1. The summed E-state index contributed by atoms with van der Waals surface area (Å²) in [5.41, 5.74) is 2.28. The first-order chi connectivity index (χ1) is 7.61. The van der Waals surface area contributed by atoms with Crippen molar-refractivity contribution in [3.8, 4) is 5.75 Å². The number of rotatable bonds is 3. The Labute approximate surface area is 96.6 Å². The van der Waals surface area contributed by atoms with E-state index in [0.717, 1.165) is 24.3 Å². The summed E-state index contributed by atoms with van der Waals surface area (Å²) >= 11 is 0. The van der Waals surface area contributed by atoms with E-state index in [-0.39, 0.29) is 6.10 Å². The maximum Gasteiger partial charge on any atom is 0.119 e. The first kappa shape index (κ1) is 11.4. The minimum absolute atomic E-state index is 0.303. The van der Waals surface area contributed by atoms with Gasteiger partial charge < -0.3 is 14.7 Å². The highest BCUT2D eigenvalue weighted by Gasteiger charge is 2.31. The van der Waals surface area contributed by atoms with Gasteiger partial charge in [0.2, 0.25) is 0 Å². The van der Waals surface area contributed by atoms with Gasteiger partial charge in [-0.25, -0.2) is 0 Å². The Morgan fingerprint density at radius 1 is 1.44 bits per heavy atom. The largest absolute Gasteiger partial charge is 0.497 e. The number of methoxy groups -OCH3 is 1. The van der Waals surface area contributed by atoms with Gasteiger partial charge in [-0.1, -0.05) is 6.07 Å². The minimum atomic E-state index is -0.354. The van der Waals surface area contributed by atoms with Crippen LogP contribution in [0.4, 0.5) is 0 Å². The van der Waals surface area contributed by atoms with Crippen LogP contribution < -0.4 is 4.74 Å². The van der Waals surface area contributed by atoms with Crippen molar-refractivity contribution in [2.45, 2.75) is 12.5 Å². The van der Waals surface area contributed by atoms with Crippen molar-refractivity contribution in [3.63, 3.8) is 0 Å². The molecule has 3 nitrogen and oxygen atoms in total. The summed E-state index contributed by atoms with van der Waals surface area (Å²) in [6.07, 6.45) is 0.603. The molecule has 1 N–H and O–H groups in total. The SMILES string of the molecule is COc1ccc2c(c1)[C@H](O)[C@H](CN(C)C)C2. The maximum atomic E-state index is 10.2. The van der Waals surface area contributed by atoms with Crippen molar-refractivity contribution in [2.24, 2.45) is 5.92 Å². The van der Waals surface area contributed by atoms with Gasteiger partial charge >= 0.3 is 0 Å². The van der Waals surface area contributed by atoms with E-state index in [0.29, 0.717) is 5.92 Å². The molecule has 0 aliphatic heterocycles. The van der Waals surface area contributed by atoms with E-state index in [1.165, 1.54) is 5.56 Å². The number of benzene rings is 1. The highest BCUT2D eigenvalue weighted by Crippen LogP contribution is 2.38. The highest BCUT2D eigenvalue weighted by molar-refractivity contribution is 5.40. The van der Waals surface area contributed by atoms with E-state index in [1.54, 1.807) is 7.11 Å². The zero-order valence-corrected chi connectivity index (χ0v) is 10.1. The lowest BCUT2D eigenvalue weighted by Gasteiger charge is -2.19. The zero-order chi connectivity index (χ0) is 11.7. The summed E-state index contributed by atoms with van der Waals surface area (Å²) in [7, 11) is 5.73. The van der Waals surface area contributed by atoms with Gasteiger partial charge in [0, 0.05) is 12.5 Å². The predicted octanol–water partition coefficient (Wildman–Crippen LogP) is 1.46. The van der Waals surface area contributed by atoms with Crippen LogP contribution >= 0.6 is 0 Å². The van der Waals surface area contributed by atoms with Gasteiger partial charge in [0.25, 0.3) is 0 Å². The molecule has 0 aromatic heterocycles. The highest BCUT2D eigenvalue weighted by atomic mass is 16.5. The summed E-state index contributed by atoms with van der Waals surface area (Å²) in [4.78, 5) is 2.12. The monoisotopic (exact) mass is 221 g/mol. The quantitative estimate of drug-likeness (QED) is 0.839. The number of hydrogen-bond donors (Lipinski definition) is 1. The van der Waals surface area contributed by atoms with Crippen molar-refractivity contribution in [1.29, 1.82) is 0 Å². The number of ether oxygens (including phenoxy) is 1. The van der Waals surface area contributed by atoms with Crippen LogP contribution in [0.2, 0.25) is 0 Å². The normalized spacial score (nSPS) is 23.6. The van der Waals surface area contributed by atoms with Crippen molar-refractivity contribution >= 4 is 0 Å². The third-order valence-electron chi connectivity index (χ3n) is 3.20. The average Bonchev–Trinajstić information content (AvgIpc) is 2.55. The fourth-order valence-corrected chi connectivity index (χ4v) is 2.44. The number of aliphatic hydroxyl groups is 1. The van der Waals surface area contributed by atoms with Crippen LogP contribution in [-0.4, -0.2) is 37.8 Å². The third-order valence-corrected chi connectivity index (χ3v) is 3.20. The predicted molar refractivity (Wildman–Crippen MR) is 63.7 cm³/mol. The Morgan fingerprint density at radius 3 is 2.81 bits per heavy atom. The van der Waals surface area contributed by atoms with Gasteiger partial charge in [-0.05, 0) is 43.8 Å². The van der Waals surface area contributed by atoms with E-state index in [2.05, 4.69) is 11.0 Å². The molecule has 0 saturated heterocycles. The fraction of sp³-hybridized carbons (Fsp3) is 0.538. The van der Waals surface area contributed by atoms with Crippen LogP contribution in [0.3, 0.4) is 0 Å². The topological polar surface area (TPSA) is 32.7 Å². The molecule has 1 aliphatic rings. The van der Waals surface area contributed by atoms with Gasteiger partial charge in [-0.15, -0.1) is 0 Å². The van der Waals surface area contributed by atoms with E-state index in [1.807, 2.05) is 26.2 Å². The molecule has 0 saturated carbocycles.